The van der Waals surface area contributed by atoms with Crippen molar-refractivity contribution in [2.45, 2.75) is 18.6 Å². The van der Waals surface area contributed by atoms with Crippen LogP contribution in [0.4, 0.5) is 11.6 Å². The van der Waals surface area contributed by atoms with Crippen LogP contribution in [0, 0.1) is 0 Å². The third kappa shape index (κ3) is 2.14. The first kappa shape index (κ1) is 11.7. The molecule has 2 aromatic rings. The second-order valence-electron chi connectivity index (χ2n) is 5.37. The summed E-state index contributed by atoms with van der Waals surface area (Å²) in [5.74, 6) is 2.11. The molecule has 0 bridgehead atoms. The molecule has 1 saturated heterocycles. The predicted molar refractivity (Wildman–Crippen MR) is 79.3 cm³/mol. The summed E-state index contributed by atoms with van der Waals surface area (Å²) in [5, 5.41) is 0. The lowest BCUT2D eigenvalue weighted by atomic mass is 10.2. The van der Waals surface area contributed by atoms with E-state index in [-0.39, 0.29) is 4.75 Å². The summed E-state index contributed by atoms with van der Waals surface area (Å²) in [4.78, 5) is 10.3. The van der Waals surface area contributed by atoms with Crippen molar-refractivity contribution >= 4 is 34.4 Å². The maximum atomic E-state index is 5.79. The fourth-order valence-corrected chi connectivity index (χ4v) is 3.47. The molecular formula is C13H18N4S. The quantitative estimate of drug-likeness (QED) is 0.775. The number of thioether (sulfide) groups is 1. The van der Waals surface area contributed by atoms with Crippen LogP contribution in [0.2, 0.25) is 0 Å². The Morgan fingerprint density at radius 1 is 1.44 bits per heavy atom. The van der Waals surface area contributed by atoms with Gasteiger partial charge in [0.25, 0.3) is 0 Å². The fourth-order valence-electron chi connectivity index (χ4n) is 2.36. The first-order chi connectivity index (χ1) is 8.53. The Bertz CT molecular complexity index is 575. The van der Waals surface area contributed by atoms with Gasteiger partial charge >= 0.3 is 0 Å². The van der Waals surface area contributed by atoms with E-state index in [2.05, 4.69) is 28.7 Å². The van der Waals surface area contributed by atoms with Crippen molar-refractivity contribution in [3.8, 4) is 0 Å². The molecule has 18 heavy (non-hydrogen) atoms. The number of benzene rings is 1. The van der Waals surface area contributed by atoms with Crippen molar-refractivity contribution in [1.82, 2.24) is 9.97 Å². The second-order valence-corrected chi connectivity index (χ2v) is 7.17. The van der Waals surface area contributed by atoms with E-state index < -0.39 is 0 Å². The zero-order valence-electron chi connectivity index (χ0n) is 10.7. The zero-order chi connectivity index (χ0) is 12.8. The number of anilines is 2. The molecular weight excluding hydrogens is 244 g/mol. The summed E-state index contributed by atoms with van der Waals surface area (Å²) in [7, 11) is 0. The molecule has 1 aromatic carbocycles. The number of aromatic amines is 1. The molecule has 96 valence electrons. The first-order valence-corrected chi connectivity index (χ1v) is 7.16. The average Bonchev–Trinajstić information content (AvgIpc) is 2.70. The molecule has 1 aliphatic rings. The summed E-state index contributed by atoms with van der Waals surface area (Å²) < 4.78 is 0.288. The number of hydrogen-bond acceptors (Lipinski definition) is 4. The number of aromatic nitrogens is 2. The van der Waals surface area contributed by atoms with Crippen molar-refractivity contribution in [2.24, 2.45) is 0 Å². The molecule has 0 aliphatic carbocycles. The lowest BCUT2D eigenvalue weighted by molar-refractivity contribution is 0.638. The third-order valence-corrected chi connectivity index (χ3v) is 4.52. The summed E-state index contributed by atoms with van der Waals surface area (Å²) in [6.07, 6.45) is 0. The van der Waals surface area contributed by atoms with Crippen LogP contribution in [0.3, 0.4) is 0 Å². The van der Waals surface area contributed by atoms with Gasteiger partial charge in [0.15, 0.2) is 0 Å². The average molecular weight is 262 g/mol. The molecule has 0 radical (unpaired) electrons. The Morgan fingerprint density at radius 2 is 2.28 bits per heavy atom. The van der Waals surface area contributed by atoms with Crippen LogP contribution < -0.4 is 10.6 Å². The van der Waals surface area contributed by atoms with Gasteiger partial charge in [-0.3, -0.25) is 0 Å². The van der Waals surface area contributed by atoms with Crippen LogP contribution in [0.25, 0.3) is 11.0 Å². The van der Waals surface area contributed by atoms with Crippen molar-refractivity contribution in [3.05, 3.63) is 18.2 Å². The molecule has 3 rings (SSSR count). The van der Waals surface area contributed by atoms with E-state index >= 15 is 0 Å². The Labute approximate surface area is 111 Å². The van der Waals surface area contributed by atoms with Gasteiger partial charge in [0, 0.05) is 29.3 Å². The number of nitrogens with two attached hydrogens (primary N) is 1. The topological polar surface area (TPSA) is 57.9 Å². The van der Waals surface area contributed by atoms with Gasteiger partial charge in [0.05, 0.1) is 11.0 Å². The maximum absolute atomic E-state index is 5.79. The molecule has 4 nitrogen and oxygen atoms in total. The van der Waals surface area contributed by atoms with E-state index in [1.165, 1.54) is 0 Å². The van der Waals surface area contributed by atoms with E-state index in [0.717, 1.165) is 41.5 Å². The van der Waals surface area contributed by atoms with Crippen LogP contribution in [-0.4, -0.2) is 33.6 Å². The Kier molecular flexibility index (Phi) is 2.66. The maximum Gasteiger partial charge on any atom is 0.203 e. The molecule has 1 aromatic heterocycles. The minimum atomic E-state index is 0.288. The molecule has 0 saturated carbocycles. The Morgan fingerprint density at radius 3 is 3.06 bits per heavy atom. The van der Waals surface area contributed by atoms with Gasteiger partial charge in [0.2, 0.25) is 5.95 Å². The van der Waals surface area contributed by atoms with Crippen LogP contribution in [0.5, 0.6) is 0 Å². The van der Waals surface area contributed by atoms with Crippen molar-refractivity contribution < 1.29 is 0 Å². The molecule has 3 N–H and O–H groups in total. The van der Waals surface area contributed by atoms with E-state index in [4.69, 9.17) is 5.73 Å². The highest BCUT2D eigenvalue weighted by Gasteiger charge is 2.28. The minimum Gasteiger partial charge on any atom is -0.399 e. The number of nitrogens with zero attached hydrogens (tertiary/aromatic N) is 2. The van der Waals surface area contributed by atoms with Gasteiger partial charge in [-0.2, -0.15) is 11.8 Å². The van der Waals surface area contributed by atoms with Crippen LogP contribution >= 0.6 is 11.8 Å². The van der Waals surface area contributed by atoms with Crippen LogP contribution in [0.1, 0.15) is 13.8 Å². The standard InChI is InChI=1S/C13H18N4S/c1-13(2)8-17(5-6-18-13)12-15-10-4-3-9(14)7-11(10)16-12/h3-4,7H,5-6,8,14H2,1-2H3,(H,15,16). The molecule has 0 amide bonds. The first-order valence-electron chi connectivity index (χ1n) is 6.18. The van der Waals surface area contributed by atoms with Crippen LogP contribution in [-0.2, 0) is 0 Å². The highest BCUT2D eigenvalue weighted by Crippen LogP contribution is 2.31. The predicted octanol–water partition coefficient (Wildman–Crippen LogP) is 2.48. The van der Waals surface area contributed by atoms with E-state index in [1.807, 2.05) is 30.0 Å². The molecule has 0 spiro atoms. The molecule has 0 atom stereocenters. The summed E-state index contributed by atoms with van der Waals surface area (Å²) >= 11 is 2.02. The SMILES string of the molecule is CC1(C)CN(c2nc3ccc(N)cc3[nH]2)CCS1. The van der Waals surface area contributed by atoms with Gasteiger partial charge in [-0.05, 0) is 32.0 Å². The second kappa shape index (κ2) is 4.09. The number of nitrogen functional groups attached to an aromatic ring is 1. The molecule has 0 unspecified atom stereocenters. The number of fused-ring (bicyclic) bond motifs is 1. The summed E-state index contributed by atoms with van der Waals surface area (Å²) in [6.45, 7) is 6.63. The van der Waals surface area contributed by atoms with Gasteiger partial charge in [-0.15, -0.1) is 0 Å². The minimum absolute atomic E-state index is 0.288. The molecule has 1 fully saturated rings. The lowest BCUT2D eigenvalue weighted by Gasteiger charge is -2.37. The van der Waals surface area contributed by atoms with Gasteiger partial charge in [0.1, 0.15) is 0 Å². The summed E-state index contributed by atoms with van der Waals surface area (Å²) in [5.41, 5.74) is 8.56. The van der Waals surface area contributed by atoms with Gasteiger partial charge < -0.3 is 15.6 Å². The fraction of sp³-hybridized carbons (Fsp3) is 0.462. The van der Waals surface area contributed by atoms with E-state index in [9.17, 15) is 0 Å². The van der Waals surface area contributed by atoms with Gasteiger partial charge in [-0.1, -0.05) is 0 Å². The smallest absolute Gasteiger partial charge is 0.203 e. The third-order valence-electron chi connectivity index (χ3n) is 3.22. The Hall–Kier alpha value is -1.36. The number of hydrogen-bond donors (Lipinski definition) is 2. The highest BCUT2D eigenvalue weighted by atomic mass is 32.2. The molecule has 2 heterocycles. The van der Waals surface area contributed by atoms with Crippen molar-refractivity contribution in [3.63, 3.8) is 0 Å². The number of H-pyrrole nitrogens is 1. The largest absolute Gasteiger partial charge is 0.399 e. The molecule has 5 heteroatoms. The van der Waals surface area contributed by atoms with Gasteiger partial charge in [-0.25, -0.2) is 4.98 Å². The number of imidazole rings is 1. The summed E-state index contributed by atoms with van der Waals surface area (Å²) in [6, 6.07) is 5.80. The zero-order valence-corrected chi connectivity index (χ0v) is 11.5. The monoisotopic (exact) mass is 262 g/mol. The van der Waals surface area contributed by atoms with E-state index in [1.54, 1.807) is 0 Å². The van der Waals surface area contributed by atoms with E-state index in [0.29, 0.717) is 0 Å². The van der Waals surface area contributed by atoms with Crippen LogP contribution in [0.15, 0.2) is 18.2 Å². The normalized spacial score (nSPS) is 19.3. The molecule has 1 aliphatic heterocycles. The van der Waals surface area contributed by atoms with Crippen molar-refractivity contribution in [1.29, 1.82) is 0 Å². The highest BCUT2D eigenvalue weighted by molar-refractivity contribution is 8.00. The Balaban J connectivity index is 1.94. The lowest BCUT2D eigenvalue weighted by Crippen LogP contribution is -2.43. The number of rotatable bonds is 1. The van der Waals surface area contributed by atoms with Crippen molar-refractivity contribution in [2.75, 3.05) is 29.5 Å². The number of nitrogens with one attached hydrogen (secondary N) is 1.